The van der Waals surface area contributed by atoms with Gasteiger partial charge in [-0.2, -0.15) is 0 Å². The molecule has 0 amide bonds. The lowest BCUT2D eigenvalue weighted by Gasteiger charge is -2.57. The number of hydrogen-bond donors (Lipinski definition) is 2. The predicted molar refractivity (Wildman–Crippen MR) is 94.1 cm³/mol. The van der Waals surface area contributed by atoms with Gasteiger partial charge in [0.05, 0.1) is 12.0 Å². The van der Waals surface area contributed by atoms with Crippen LogP contribution in [-0.4, -0.2) is 28.2 Å². The predicted octanol–water partition coefficient (Wildman–Crippen LogP) is 3.32. The molecular weight excluding hydrogens is 300 g/mol. The topological polar surface area (TPSA) is 57.5 Å². The Hall–Kier alpha value is -0.850. The second-order valence-corrected chi connectivity index (χ2v) is 8.60. The van der Waals surface area contributed by atoms with Crippen LogP contribution in [0.2, 0.25) is 0 Å². The van der Waals surface area contributed by atoms with Gasteiger partial charge in [-0.25, -0.2) is 0 Å². The molecule has 3 fully saturated rings. The molecule has 0 heterocycles. The molecule has 0 aliphatic heterocycles. The first-order valence-electron chi connectivity index (χ1n) is 9.85. The van der Waals surface area contributed by atoms with Gasteiger partial charge in [0.25, 0.3) is 0 Å². The Kier molecular flexibility index (Phi) is 5.37. The molecular formula is C21H32O3. The fraction of sp³-hybridized carbons (Fsp3) is 0.857. The van der Waals surface area contributed by atoms with Crippen molar-refractivity contribution in [1.29, 1.82) is 0 Å². The van der Waals surface area contributed by atoms with Crippen molar-refractivity contribution in [3.05, 3.63) is 0 Å². The maximum Gasteiger partial charge on any atom is 0.139 e. The molecule has 0 saturated heterocycles. The third-order valence-corrected chi connectivity index (χ3v) is 7.02. The van der Waals surface area contributed by atoms with Crippen LogP contribution in [0.1, 0.15) is 71.6 Å². The first kappa shape index (κ1) is 18.0. The first-order valence-corrected chi connectivity index (χ1v) is 9.85. The highest BCUT2D eigenvalue weighted by molar-refractivity contribution is 5.92. The van der Waals surface area contributed by atoms with E-state index in [9.17, 15) is 15.0 Å². The van der Waals surface area contributed by atoms with E-state index in [-0.39, 0.29) is 17.3 Å². The standard InChI is InChI=1S/C21H32O3/c1-14(2)21-11-10-19(23)17(18(21)13-20(21)24)9-8-16(22)12-15-6-4-3-5-7-15/h14-19,22-23H,3-7,10-13H2,1-2H3/t16-,17+,18+,19+,21+/m1/s1. The molecule has 134 valence electrons. The molecule has 3 aliphatic rings. The Morgan fingerprint density at radius 1 is 1.21 bits per heavy atom. The number of aliphatic hydroxyl groups is 2. The molecule has 0 aromatic heterocycles. The third kappa shape index (κ3) is 3.16. The number of carbonyl (C=O) groups is 1. The number of aliphatic hydroxyl groups excluding tert-OH is 2. The lowest BCUT2D eigenvalue weighted by atomic mass is 9.45. The fourth-order valence-electron chi connectivity index (χ4n) is 5.48. The zero-order valence-corrected chi connectivity index (χ0v) is 15.1. The van der Waals surface area contributed by atoms with Gasteiger partial charge in [-0.05, 0) is 37.0 Å². The minimum atomic E-state index is -0.591. The number of rotatable bonds is 3. The average Bonchev–Trinajstić information content (AvgIpc) is 2.54. The molecule has 3 nitrogen and oxygen atoms in total. The second kappa shape index (κ2) is 7.18. The molecule has 0 radical (unpaired) electrons. The van der Waals surface area contributed by atoms with Gasteiger partial charge in [-0.3, -0.25) is 4.79 Å². The van der Waals surface area contributed by atoms with E-state index in [1.807, 2.05) is 0 Å². The molecule has 3 aliphatic carbocycles. The van der Waals surface area contributed by atoms with Crippen LogP contribution < -0.4 is 0 Å². The summed E-state index contributed by atoms with van der Waals surface area (Å²) >= 11 is 0. The molecule has 0 aromatic rings. The minimum Gasteiger partial charge on any atom is -0.392 e. The number of Topliss-reactive ketones (excluding diaryl/α,β-unsaturated/α-hetero) is 1. The monoisotopic (exact) mass is 332 g/mol. The Morgan fingerprint density at radius 2 is 1.92 bits per heavy atom. The summed E-state index contributed by atoms with van der Waals surface area (Å²) in [6, 6.07) is 0. The molecule has 5 atom stereocenters. The number of hydrogen-bond acceptors (Lipinski definition) is 3. The number of carbonyl (C=O) groups excluding carboxylic acids is 1. The first-order chi connectivity index (χ1) is 11.4. The van der Waals surface area contributed by atoms with Gasteiger partial charge in [0.1, 0.15) is 11.9 Å². The lowest BCUT2D eigenvalue weighted by molar-refractivity contribution is -0.167. The molecule has 24 heavy (non-hydrogen) atoms. The highest BCUT2D eigenvalue weighted by Crippen LogP contribution is 2.59. The molecule has 0 unspecified atom stereocenters. The summed E-state index contributed by atoms with van der Waals surface area (Å²) in [4.78, 5) is 12.3. The lowest BCUT2D eigenvalue weighted by Crippen LogP contribution is -2.60. The van der Waals surface area contributed by atoms with Crippen LogP contribution in [0.15, 0.2) is 0 Å². The quantitative estimate of drug-likeness (QED) is 0.780. The Balaban J connectivity index is 1.66. The van der Waals surface area contributed by atoms with Gasteiger partial charge in [0.15, 0.2) is 0 Å². The van der Waals surface area contributed by atoms with Crippen molar-refractivity contribution in [2.24, 2.45) is 29.1 Å². The van der Waals surface area contributed by atoms with E-state index in [4.69, 9.17) is 0 Å². The normalized spacial score (nSPS) is 38.0. The van der Waals surface area contributed by atoms with E-state index in [1.165, 1.54) is 32.1 Å². The summed E-state index contributed by atoms with van der Waals surface area (Å²) in [5.74, 6) is 7.47. The van der Waals surface area contributed by atoms with Gasteiger partial charge in [-0.1, -0.05) is 57.8 Å². The fourth-order valence-corrected chi connectivity index (χ4v) is 5.48. The van der Waals surface area contributed by atoms with Crippen LogP contribution in [0.25, 0.3) is 0 Å². The van der Waals surface area contributed by atoms with E-state index in [0.29, 0.717) is 30.5 Å². The molecule has 2 N–H and O–H groups in total. The molecule has 0 spiro atoms. The van der Waals surface area contributed by atoms with Crippen molar-refractivity contribution in [3.8, 4) is 11.8 Å². The zero-order valence-electron chi connectivity index (χ0n) is 15.1. The van der Waals surface area contributed by atoms with E-state index >= 15 is 0 Å². The van der Waals surface area contributed by atoms with Crippen molar-refractivity contribution in [3.63, 3.8) is 0 Å². The van der Waals surface area contributed by atoms with Crippen LogP contribution in [-0.2, 0) is 4.79 Å². The van der Waals surface area contributed by atoms with E-state index < -0.39 is 12.2 Å². The van der Waals surface area contributed by atoms with Crippen molar-refractivity contribution >= 4 is 5.78 Å². The average molecular weight is 332 g/mol. The smallest absolute Gasteiger partial charge is 0.139 e. The Morgan fingerprint density at radius 3 is 2.54 bits per heavy atom. The maximum atomic E-state index is 12.3. The minimum absolute atomic E-state index is 0.153. The van der Waals surface area contributed by atoms with Gasteiger partial charge >= 0.3 is 0 Å². The van der Waals surface area contributed by atoms with E-state index in [1.54, 1.807) is 0 Å². The highest BCUT2D eigenvalue weighted by Gasteiger charge is 2.61. The van der Waals surface area contributed by atoms with Crippen LogP contribution in [0.3, 0.4) is 0 Å². The van der Waals surface area contributed by atoms with Crippen LogP contribution in [0, 0.1) is 40.9 Å². The van der Waals surface area contributed by atoms with E-state index in [2.05, 4.69) is 25.7 Å². The number of fused-ring (bicyclic) bond motifs is 1. The molecule has 3 saturated carbocycles. The summed E-state index contributed by atoms with van der Waals surface area (Å²) < 4.78 is 0. The van der Waals surface area contributed by atoms with Gasteiger partial charge in [-0.15, -0.1) is 0 Å². The van der Waals surface area contributed by atoms with E-state index in [0.717, 1.165) is 12.8 Å². The Bertz CT molecular complexity index is 523. The summed E-state index contributed by atoms with van der Waals surface area (Å²) in [6.45, 7) is 4.23. The highest BCUT2D eigenvalue weighted by atomic mass is 16.3. The molecule has 0 aromatic carbocycles. The van der Waals surface area contributed by atoms with Gasteiger partial charge < -0.3 is 10.2 Å². The third-order valence-electron chi connectivity index (χ3n) is 7.02. The SMILES string of the molecule is CC(C)[C@@]12CC[C@H](O)[C@@H](C#C[C@@H](O)CC3CCCCC3)[C@@H]1CC2=O. The maximum absolute atomic E-state index is 12.3. The summed E-state index contributed by atoms with van der Waals surface area (Å²) in [5.41, 5.74) is -0.271. The summed E-state index contributed by atoms with van der Waals surface area (Å²) in [6.07, 6.45) is 7.98. The Labute approximate surface area is 146 Å². The van der Waals surface area contributed by atoms with Crippen LogP contribution >= 0.6 is 0 Å². The molecule has 0 bridgehead atoms. The number of ketones is 1. The van der Waals surface area contributed by atoms with Gasteiger partial charge in [0.2, 0.25) is 0 Å². The van der Waals surface area contributed by atoms with Gasteiger partial charge in [0, 0.05) is 11.8 Å². The van der Waals surface area contributed by atoms with Crippen molar-refractivity contribution in [1.82, 2.24) is 0 Å². The summed E-state index contributed by atoms with van der Waals surface area (Å²) in [7, 11) is 0. The van der Waals surface area contributed by atoms with Crippen molar-refractivity contribution in [2.45, 2.75) is 83.8 Å². The van der Waals surface area contributed by atoms with Crippen LogP contribution in [0.5, 0.6) is 0 Å². The molecule has 3 rings (SSSR count). The van der Waals surface area contributed by atoms with Crippen molar-refractivity contribution in [2.75, 3.05) is 0 Å². The molecule has 3 heteroatoms. The largest absolute Gasteiger partial charge is 0.392 e. The van der Waals surface area contributed by atoms with Crippen molar-refractivity contribution < 1.29 is 15.0 Å². The van der Waals surface area contributed by atoms with Crippen LogP contribution in [0.4, 0.5) is 0 Å². The summed E-state index contributed by atoms with van der Waals surface area (Å²) in [5, 5.41) is 20.7. The second-order valence-electron chi connectivity index (χ2n) is 8.60. The zero-order chi connectivity index (χ0) is 17.3.